The Hall–Kier alpha value is -3.02. The van der Waals surface area contributed by atoms with Crippen molar-refractivity contribution in [2.75, 3.05) is 0 Å². The monoisotopic (exact) mass is 325 g/mol. The number of nitrogens with zero attached hydrogens (tertiary/aromatic N) is 2. The van der Waals surface area contributed by atoms with E-state index < -0.39 is 10.8 Å². The first-order valence-corrected chi connectivity index (χ1v) is 7.78. The molecule has 2 rings (SSSR count). The van der Waals surface area contributed by atoms with Crippen molar-refractivity contribution < 1.29 is 9.72 Å². The van der Waals surface area contributed by atoms with Crippen LogP contribution in [0.25, 0.3) is 0 Å². The SMILES string of the molecule is CCCCC(=NNC(=O)c1cccc([N+](=O)[O-])c1)c1ccccc1. The van der Waals surface area contributed by atoms with Gasteiger partial charge in [0.25, 0.3) is 11.6 Å². The first kappa shape index (κ1) is 17.3. The largest absolute Gasteiger partial charge is 0.271 e. The average Bonchev–Trinajstić information content (AvgIpc) is 2.62. The topological polar surface area (TPSA) is 84.6 Å². The van der Waals surface area contributed by atoms with Gasteiger partial charge in [-0.15, -0.1) is 0 Å². The Morgan fingerprint density at radius 3 is 2.50 bits per heavy atom. The molecule has 0 saturated heterocycles. The molecule has 0 radical (unpaired) electrons. The Labute approximate surface area is 140 Å². The molecule has 0 saturated carbocycles. The van der Waals surface area contributed by atoms with Crippen molar-refractivity contribution >= 4 is 17.3 Å². The molecule has 1 N–H and O–H groups in total. The lowest BCUT2D eigenvalue weighted by Crippen LogP contribution is -2.20. The summed E-state index contributed by atoms with van der Waals surface area (Å²) in [6.07, 6.45) is 2.72. The fraction of sp³-hybridized carbons (Fsp3) is 0.222. The Kier molecular flexibility index (Phi) is 6.19. The molecule has 2 aromatic carbocycles. The summed E-state index contributed by atoms with van der Waals surface area (Å²) in [4.78, 5) is 22.4. The van der Waals surface area contributed by atoms with E-state index in [9.17, 15) is 14.9 Å². The van der Waals surface area contributed by atoms with Crippen molar-refractivity contribution in [2.24, 2.45) is 5.10 Å². The molecule has 1 amide bonds. The van der Waals surface area contributed by atoms with Gasteiger partial charge in [-0.3, -0.25) is 14.9 Å². The number of hydrazone groups is 1. The molecule has 6 heteroatoms. The van der Waals surface area contributed by atoms with E-state index in [-0.39, 0.29) is 11.3 Å². The quantitative estimate of drug-likeness (QED) is 0.475. The molecule has 0 fully saturated rings. The molecule has 124 valence electrons. The summed E-state index contributed by atoms with van der Waals surface area (Å²) in [7, 11) is 0. The third-order valence-electron chi connectivity index (χ3n) is 3.49. The maximum atomic E-state index is 12.2. The van der Waals surface area contributed by atoms with Gasteiger partial charge >= 0.3 is 0 Å². The summed E-state index contributed by atoms with van der Waals surface area (Å²) in [5.74, 6) is -0.469. The Morgan fingerprint density at radius 2 is 1.83 bits per heavy atom. The number of unbranched alkanes of at least 4 members (excludes halogenated alkanes) is 1. The van der Waals surface area contributed by atoms with E-state index in [4.69, 9.17) is 0 Å². The zero-order valence-corrected chi connectivity index (χ0v) is 13.4. The molecule has 0 bridgehead atoms. The number of non-ortho nitro benzene ring substituents is 1. The number of rotatable bonds is 7. The molecule has 24 heavy (non-hydrogen) atoms. The first-order valence-electron chi connectivity index (χ1n) is 7.78. The summed E-state index contributed by atoms with van der Waals surface area (Å²) in [5.41, 5.74) is 4.32. The van der Waals surface area contributed by atoms with E-state index in [1.165, 1.54) is 24.3 Å². The third kappa shape index (κ3) is 4.74. The van der Waals surface area contributed by atoms with Gasteiger partial charge in [-0.05, 0) is 24.5 Å². The summed E-state index contributed by atoms with van der Waals surface area (Å²) in [5, 5.41) is 15.0. The standard InChI is InChI=1S/C18H19N3O3/c1-2-3-12-17(14-8-5-4-6-9-14)19-20-18(22)15-10-7-11-16(13-15)21(23)24/h4-11,13H,2-3,12H2,1H3,(H,20,22). The Bertz CT molecular complexity index is 742. The predicted molar refractivity (Wildman–Crippen MR) is 93.1 cm³/mol. The van der Waals surface area contributed by atoms with Gasteiger partial charge in [0.15, 0.2) is 0 Å². The van der Waals surface area contributed by atoms with Crippen LogP contribution in [0.4, 0.5) is 5.69 Å². The third-order valence-corrected chi connectivity index (χ3v) is 3.49. The summed E-state index contributed by atoms with van der Waals surface area (Å²) in [6.45, 7) is 2.09. The van der Waals surface area contributed by atoms with Crippen molar-refractivity contribution in [2.45, 2.75) is 26.2 Å². The van der Waals surface area contributed by atoms with Crippen LogP contribution in [0.15, 0.2) is 59.7 Å². The van der Waals surface area contributed by atoms with Crippen LogP contribution in [0.2, 0.25) is 0 Å². The lowest BCUT2D eigenvalue weighted by Gasteiger charge is -2.07. The highest BCUT2D eigenvalue weighted by Gasteiger charge is 2.11. The van der Waals surface area contributed by atoms with Gasteiger partial charge in [0.2, 0.25) is 0 Å². The fourth-order valence-electron chi connectivity index (χ4n) is 2.18. The molecule has 0 aromatic heterocycles. The van der Waals surface area contributed by atoms with E-state index in [1.807, 2.05) is 30.3 Å². The second-order valence-corrected chi connectivity index (χ2v) is 5.28. The van der Waals surface area contributed by atoms with E-state index in [0.29, 0.717) is 0 Å². The lowest BCUT2D eigenvalue weighted by molar-refractivity contribution is -0.384. The molecule has 0 heterocycles. The van der Waals surface area contributed by atoms with Crippen LogP contribution in [0.3, 0.4) is 0 Å². The van der Waals surface area contributed by atoms with Crippen LogP contribution < -0.4 is 5.43 Å². The average molecular weight is 325 g/mol. The molecular formula is C18H19N3O3. The minimum Gasteiger partial charge on any atom is -0.267 e. The van der Waals surface area contributed by atoms with Crippen molar-refractivity contribution in [3.63, 3.8) is 0 Å². The molecule has 0 atom stereocenters. The zero-order valence-electron chi connectivity index (χ0n) is 13.4. The van der Waals surface area contributed by atoms with E-state index in [1.54, 1.807) is 0 Å². The second-order valence-electron chi connectivity index (χ2n) is 5.28. The summed E-state index contributed by atoms with van der Waals surface area (Å²) >= 11 is 0. The van der Waals surface area contributed by atoms with Gasteiger partial charge in [-0.2, -0.15) is 5.10 Å². The van der Waals surface area contributed by atoms with Crippen LogP contribution in [0, 0.1) is 10.1 Å². The molecule has 0 spiro atoms. The molecule has 2 aromatic rings. The number of carbonyl (C=O) groups is 1. The highest BCUT2D eigenvalue weighted by Crippen LogP contribution is 2.13. The van der Waals surface area contributed by atoms with Crippen molar-refractivity contribution in [3.05, 3.63) is 75.8 Å². The minimum atomic E-state index is -0.531. The highest BCUT2D eigenvalue weighted by molar-refractivity contribution is 6.02. The Balaban J connectivity index is 2.17. The van der Waals surface area contributed by atoms with Gasteiger partial charge in [0, 0.05) is 17.7 Å². The number of carbonyl (C=O) groups excluding carboxylic acids is 1. The molecule has 0 aliphatic carbocycles. The normalized spacial score (nSPS) is 11.1. The molecule has 0 aliphatic rings. The number of hydrogen-bond donors (Lipinski definition) is 1. The van der Waals surface area contributed by atoms with Crippen LogP contribution in [0.1, 0.15) is 42.1 Å². The smallest absolute Gasteiger partial charge is 0.267 e. The molecule has 0 unspecified atom stereocenters. The van der Waals surface area contributed by atoms with E-state index in [2.05, 4.69) is 17.5 Å². The molecular weight excluding hydrogens is 306 g/mol. The van der Waals surface area contributed by atoms with Crippen LogP contribution in [-0.2, 0) is 0 Å². The second kappa shape index (κ2) is 8.57. The van der Waals surface area contributed by atoms with Gasteiger partial charge in [0.1, 0.15) is 0 Å². The van der Waals surface area contributed by atoms with Crippen LogP contribution in [-0.4, -0.2) is 16.5 Å². The number of benzene rings is 2. The first-order chi connectivity index (χ1) is 11.6. The minimum absolute atomic E-state index is 0.124. The molecule has 0 aliphatic heterocycles. The number of hydrogen-bond acceptors (Lipinski definition) is 4. The van der Waals surface area contributed by atoms with Crippen LogP contribution in [0.5, 0.6) is 0 Å². The van der Waals surface area contributed by atoms with Crippen LogP contribution >= 0.6 is 0 Å². The number of nitrogens with one attached hydrogen (secondary N) is 1. The lowest BCUT2D eigenvalue weighted by atomic mass is 10.1. The van der Waals surface area contributed by atoms with Gasteiger partial charge < -0.3 is 0 Å². The van der Waals surface area contributed by atoms with E-state index >= 15 is 0 Å². The van der Waals surface area contributed by atoms with Gasteiger partial charge in [-0.25, -0.2) is 5.43 Å². The maximum absolute atomic E-state index is 12.2. The van der Waals surface area contributed by atoms with Crippen molar-refractivity contribution in [3.8, 4) is 0 Å². The van der Waals surface area contributed by atoms with Crippen molar-refractivity contribution in [1.29, 1.82) is 0 Å². The van der Waals surface area contributed by atoms with Gasteiger partial charge in [0.05, 0.1) is 10.6 Å². The zero-order chi connectivity index (χ0) is 17.4. The van der Waals surface area contributed by atoms with Crippen molar-refractivity contribution in [1.82, 2.24) is 5.43 Å². The number of nitro benzene ring substituents is 1. The van der Waals surface area contributed by atoms with Gasteiger partial charge in [-0.1, -0.05) is 49.7 Å². The Morgan fingerprint density at radius 1 is 1.12 bits per heavy atom. The maximum Gasteiger partial charge on any atom is 0.271 e. The molecule has 6 nitrogen and oxygen atoms in total. The summed E-state index contributed by atoms with van der Waals surface area (Å²) < 4.78 is 0. The summed E-state index contributed by atoms with van der Waals surface area (Å²) in [6, 6.07) is 15.2. The predicted octanol–water partition coefficient (Wildman–Crippen LogP) is 3.92. The number of nitro groups is 1. The van der Waals surface area contributed by atoms with E-state index in [0.717, 1.165) is 30.5 Å². The number of amides is 1. The highest BCUT2D eigenvalue weighted by atomic mass is 16.6. The fourth-order valence-corrected chi connectivity index (χ4v) is 2.18.